The first-order valence-electron chi connectivity index (χ1n) is 9.74. The highest BCUT2D eigenvalue weighted by molar-refractivity contribution is 7.10. The molecule has 1 saturated carbocycles. The van der Waals surface area contributed by atoms with E-state index >= 15 is 0 Å². The van der Waals surface area contributed by atoms with E-state index < -0.39 is 0 Å². The van der Waals surface area contributed by atoms with Crippen molar-refractivity contribution in [2.24, 2.45) is 17.6 Å². The van der Waals surface area contributed by atoms with Crippen molar-refractivity contribution in [3.8, 4) is 0 Å². The molecule has 1 aromatic rings. The van der Waals surface area contributed by atoms with Gasteiger partial charge in [-0.05, 0) is 55.0 Å². The Balaban J connectivity index is 0.00000210. The van der Waals surface area contributed by atoms with Crippen molar-refractivity contribution in [3.63, 3.8) is 0 Å². The average molecular weight is 413 g/mol. The van der Waals surface area contributed by atoms with Crippen LogP contribution in [0.3, 0.4) is 0 Å². The minimum absolute atomic E-state index is 0. The molecule has 3 N–H and O–H groups in total. The second kappa shape index (κ2) is 8.80. The Morgan fingerprint density at radius 2 is 2.07 bits per heavy atom. The minimum atomic E-state index is -0.111. The van der Waals surface area contributed by atoms with Crippen molar-refractivity contribution >= 4 is 35.7 Å². The van der Waals surface area contributed by atoms with Gasteiger partial charge >= 0.3 is 6.03 Å². The number of nitrogens with two attached hydrogens (primary N) is 1. The van der Waals surface area contributed by atoms with Crippen LogP contribution in [0.2, 0.25) is 0 Å². The van der Waals surface area contributed by atoms with Crippen LogP contribution in [0.1, 0.15) is 36.1 Å². The van der Waals surface area contributed by atoms with Crippen molar-refractivity contribution < 1.29 is 9.59 Å². The molecule has 3 aliphatic rings. The van der Waals surface area contributed by atoms with Crippen LogP contribution >= 0.6 is 23.7 Å². The molecule has 6 nitrogen and oxygen atoms in total. The number of amides is 3. The topological polar surface area (TPSA) is 78.7 Å². The number of likely N-dealkylation sites (tertiary alicyclic amines) is 1. The van der Waals surface area contributed by atoms with Crippen molar-refractivity contribution in [1.29, 1.82) is 0 Å². The SMILES string of the molecule is Cl.NC(CNC(=O)C1CCCN(C(=O)N2CCc3sccc3C2)C1)C1CC1. The summed E-state index contributed by atoms with van der Waals surface area (Å²) in [6, 6.07) is 2.28. The van der Waals surface area contributed by atoms with Gasteiger partial charge in [0.1, 0.15) is 0 Å². The molecule has 1 aromatic heterocycles. The standard InChI is InChI=1S/C19H28N4O2S.ClH/c20-16(13-3-4-13)10-21-18(24)15-2-1-7-22(12-15)19(25)23-8-5-17-14(11-23)6-9-26-17;/h6,9,13,15-16H,1-5,7-8,10-12,20H2,(H,21,24);1H. The number of halogens is 1. The fourth-order valence-corrected chi connectivity index (χ4v) is 4.92. The van der Waals surface area contributed by atoms with Crippen LogP contribution in [-0.2, 0) is 17.8 Å². The Labute approximate surface area is 170 Å². The van der Waals surface area contributed by atoms with Gasteiger partial charge in [-0.1, -0.05) is 0 Å². The van der Waals surface area contributed by atoms with Crippen LogP contribution in [0.5, 0.6) is 0 Å². The van der Waals surface area contributed by atoms with E-state index in [2.05, 4.69) is 16.8 Å². The lowest BCUT2D eigenvalue weighted by Gasteiger charge is -2.37. The van der Waals surface area contributed by atoms with Gasteiger partial charge in [0, 0.05) is 43.6 Å². The molecule has 2 unspecified atom stereocenters. The number of urea groups is 1. The summed E-state index contributed by atoms with van der Waals surface area (Å²) in [6.45, 7) is 3.30. The Morgan fingerprint density at radius 1 is 1.26 bits per heavy atom. The zero-order valence-electron chi connectivity index (χ0n) is 15.6. The maximum Gasteiger partial charge on any atom is 0.320 e. The fourth-order valence-electron chi connectivity index (χ4n) is 4.03. The molecule has 27 heavy (non-hydrogen) atoms. The number of hydrogen-bond acceptors (Lipinski definition) is 4. The van der Waals surface area contributed by atoms with E-state index in [1.54, 1.807) is 11.3 Å². The average Bonchev–Trinajstić information content (AvgIpc) is 3.42. The predicted molar refractivity (Wildman–Crippen MR) is 109 cm³/mol. The number of carbonyl (C=O) groups is 2. The third-order valence-electron chi connectivity index (χ3n) is 5.88. The zero-order valence-corrected chi connectivity index (χ0v) is 17.2. The maximum atomic E-state index is 12.9. The quantitative estimate of drug-likeness (QED) is 0.795. The second-order valence-electron chi connectivity index (χ2n) is 7.85. The summed E-state index contributed by atoms with van der Waals surface area (Å²) in [5.41, 5.74) is 7.35. The Hall–Kier alpha value is -1.31. The third-order valence-corrected chi connectivity index (χ3v) is 6.90. The van der Waals surface area contributed by atoms with E-state index in [9.17, 15) is 9.59 Å². The van der Waals surface area contributed by atoms with Crippen LogP contribution < -0.4 is 11.1 Å². The van der Waals surface area contributed by atoms with Gasteiger partial charge in [-0.2, -0.15) is 0 Å². The molecule has 3 heterocycles. The lowest BCUT2D eigenvalue weighted by Crippen LogP contribution is -2.51. The van der Waals surface area contributed by atoms with Crippen LogP contribution in [0.15, 0.2) is 11.4 Å². The predicted octanol–water partition coefficient (Wildman–Crippen LogP) is 2.21. The zero-order chi connectivity index (χ0) is 18.1. The molecule has 150 valence electrons. The molecule has 2 atom stereocenters. The molecule has 2 aliphatic heterocycles. The van der Waals surface area contributed by atoms with E-state index in [4.69, 9.17) is 5.73 Å². The molecule has 8 heteroatoms. The van der Waals surface area contributed by atoms with Gasteiger partial charge in [0.05, 0.1) is 5.92 Å². The van der Waals surface area contributed by atoms with Gasteiger partial charge in [-0.25, -0.2) is 4.79 Å². The summed E-state index contributed by atoms with van der Waals surface area (Å²) in [7, 11) is 0. The minimum Gasteiger partial charge on any atom is -0.354 e. The van der Waals surface area contributed by atoms with Crippen LogP contribution in [-0.4, -0.2) is 54.0 Å². The van der Waals surface area contributed by atoms with Gasteiger partial charge in [-0.3, -0.25) is 4.79 Å². The summed E-state index contributed by atoms with van der Waals surface area (Å²) in [6.07, 6.45) is 5.05. The highest BCUT2D eigenvalue weighted by Crippen LogP contribution is 2.31. The maximum absolute atomic E-state index is 12.9. The number of hydrogen-bond donors (Lipinski definition) is 2. The summed E-state index contributed by atoms with van der Waals surface area (Å²) in [4.78, 5) is 30.6. The molecule has 3 amide bonds. The lowest BCUT2D eigenvalue weighted by molar-refractivity contribution is -0.126. The molecule has 1 aliphatic carbocycles. The second-order valence-corrected chi connectivity index (χ2v) is 8.86. The van der Waals surface area contributed by atoms with E-state index in [-0.39, 0.29) is 36.3 Å². The molecule has 0 radical (unpaired) electrons. The Bertz CT molecular complexity index is 678. The third kappa shape index (κ3) is 4.76. The lowest BCUT2D eigenvalue weighted by atomic mass is 9.97. The number of rotatable bonds is 4. The van der Waals surface area contributed by atoms with Crippen molar-refractivity contribution in [1.82, 2.24) is 15.1 Å². The van der Waals surface area contributed by atoms with E-state index in [1.165, 1.54) is 23.3 Å². The molecule has 0 spiro atoms. The molecule has 1 saturated heterocycles. The van der Waals surface area contributed by atoms with E-state index in [0.717, 1.165) is 32.4 Å². The van der Waals surface area contributed by atoms with Gasteiger partial charge in [0.15, 0.2) is 0 Å². The van der Waals surface area contributed by atoms with Crippen molar-refractivity contribution in [2.45, 2.75) is 44.7 Å². The van der Waals surface area contributed by atoms with Gasteiger partial charge in [-0.15, -0.1) is 23.7 Å². The summed E-state index contributed by atoms with van der Waals surface area (Å²) in [5, 5.41) is 5.11. The first-order chi connectivity index (χ1) is 12.6. The smallest absolute Gasteiger partial charge is 0.320 e. The number of nitrogens with zero attached hydrogens (tertiary/aromatic N) is 2. The first kappa shape index (κ1) is 20.4. The first-order valence-corrected chi connectivity index (χ1v) is 10.6. The molecular formula is C19H29ClN4O2S. The number of piperidine rings is 1. The number of fused-ring (bicyclic) bond motifs is 1. The normalized spacial score (nSPS) is 23.2. The fraction of sp³-hybridized carbons (Fsp3) is 0.684. The van der Waals surface area contributed by atoms with Gasteiger partial charge in [0.2, 0.25) is 5.91 Å². The number of carbonyl (C=O) groups excluding carboxylic acids is 2. The largest absolute Gasteiger partial charge is 0.354 e. The molecule has 2 fully saturated rings. The number of thiophene rings is 1. The van der Waals surface area contributed by atoms with Gasteiger partial charge in [0.25, 0.3) is 0 Å². The van der Waals surface area contributed by atoms with Crippen molar-refractivity contribution in [2.75, 3.05) is 26.2 Å². The molecule has 0 aromatic carbocycles. The molecule has 0 bridgehead atoms. The molecular weight excluding hydrogens is 384 g/mol. The Morgan fingerprint density at radius 3 is 2.85 bits per heavy atom. The van der Waals surface area contributed by atoms with Gasteiger partial charge < -0.3 is 20.9 Å². The monoisotopic (exact) mass is 412 g/mol. The number of nitrogens with one attached hydrogen (secondary N) is 1. The summed E-state index contributed by atoms with van der Waals surface area (Å²) >= 11 is 1.78. The molecule has 4 rings (SSSR count). The highest BCUT2D eigenvalue weighted by Gasteiger charge is 2.33. The van der Waals surface area contributed by atoms with E-state index in [0.29, 0.717) is 25.6 Å². The summed E-state index contributed by atoms with van der Waals surface area (Å²) < 4.78 is 0. The van der Waals surface area contributed by atoms with Crippen LogP contribution in [0.4, 0.5) is 4.79 Å². The van der Waals surface area contributed by atoms with E-state index in [1.807, 2.05) is 9.80 Å². The van der Waals surface area contributed by atoms with Crippen LogP contribution in [0.25, 0.3) is 0 Å². The van der Waals surface area contributed by atoms with Crippen molar-refractivity contribution in [3.05, 3.63) is 21.9 Å². The highest BCUT2D eigenvalue weighted by atomic mass is 35.5. The summed E-state index contributed by atoms with van der Waals surface area (Å²) in [5.74, 6) is 0.527. The van der Waals surface area contributed by atoms with Crippen LogP contribution in [0, 0.1) is 11.8 Å². The Kier molecular flexibility index (Phi) is 6.65.